The minimum Gasteiger partial charge on any atom is -0.480 e. The molecule has 2 amide bonds. The first-order chi connectivity index (χ1) is 6.47. The fourth-order valence-corrected chi connectivity index (χ4v) is 1.23. The molecule has 0 saturated carbocycles. The average Bonchev–Trinajstić information content (AvgIpc) is 2.01. The Morgan fingerprint density at radius 1 is 1.36 bits per heavy atom. The molecule has 0 aromatic rings. The molecule has 0 saturated heterocycles. The SMILES string of the molecule is CSCC(=O)N(CC(N)=O)CC(=O)O. The number of carboxylic acids is 1. The number of aliphatic carboxylic acids is 1. The van der Waals surface area contributed by atoms with E-state index in [0.717, 1.165) is 4.90 Å². The van der Waals surface area contributed by atoms with E-state index < -0.39 is 24.3 Å². The molecule has 0 radical (unpaired) electrons. The van der Waals surface area contributed by atoms with Crippen LogP contribution in [0.1, 0.15) is 0 Å². The second-order valence-corrected chi connectivity index (χ2v) is 3.41. The predicted octanol–water partition coefficient (Wildman–Crippen LogP) is -1.25. The quantitative estimate of drug-likeness (QED) is 0.582. The highest BCUT2D eigenvalue weighted by Crippen LogP contribution is 1.97. The molecule has 0 aliphatic carbocycles. The summed E-state index contributed by atoms with van der Waals surface area (Å²) in [5.74, 6) is -2.15. The number of thioether (sulfide) groups is 1. The predicted molar refractivity (Wildman–Crippen MR) is 51.8 cm³/mol. The van der Waals surface area contributed by atoms with Crippen LogP contribution in [0, 0.1) is 0 Å². The van der Waals surface area contributed by atoms with Gasteiger partial charge in [-0.3, -0.25) is 14.4 Å². The van der Waals surface area contributed by atoms with E-state index in [2.05, 4.69) is 0 Å². The molecule has 14 heavy (non-hydrogen) atoms. The Balaban J connectivity index is 4.29. The van der Waals surface area contributed by atoms with Gasteiger partial charge in [0.15, 0.2) is 0 Å². The largest absolute Gasteiger partial charge is 0.480 e. The topological polar surface area (TPSA) is 101 Å². The summed E-state index contributed by atoms with van der Waals surface area (Å²) in [5.41, 5.74) is 4.87. The Hall–Kier alpha value is -1.24. The molecule has 0 fully saturated rings. The maximum Gasteiger partial charge on any atom is 0.323 e. The van der Waals surface area contributed by atoms with Crippen LogP contribution in [0.3, 0.4) is 0 Å². The van der Waals surface area contributed by atoms with Crippen molar-refractivity contribution in [2.75, 3.05) is 25.1 Å². The minimum atomic E-state index is -1.17. The summed E-state index contributed by atoms with van der Waals surface area (Å²) in [4.78, 5) is 33.0. The van der Waals surface area contributed by atoms with E-state index in [0.29, 0.717) is 0 Å². The summed E-state index contributed by atoms with van der Waals surface area (Å²) in [5, 5.41) is 8.46. The van der Waals surface area contributed by atoms with E-state index in [1.165, 1.54) is 11.8 Å². The van der Waals surface area contributed by atoms with E-state index in [-0.39, 0.29) is 12.3 Å². The van der Waals surface area contributed by atoms with Crippen LogP contribution >= 0.6 is 11.8 Å². The Morgan fingerprint density at radius 3 is 2.29 bits per heavy atom. The molecule has 6 nitrogen and oxygen atoms in total. The molecule has 0 atom stereocenters. The third kappa shape index (κ3) is 5.41. The molecule has 0 aliphatic heterocycles. The number of carbonyl (C=O) groups is 3. The zero-order chi connectivity index (χ0) is 11.1. The minimum absolute atomic E-state index is 0.139. The smallest absolute Gasteiger partial charge is 0.323 e. The first-order valence-electron chi connectivity index (χ1n) is 3.74. The van der Waals surface area contributed by atoms with Crippen LogP contribution < -0.4 is 5.73 Å². The standard InChI is InChI=1S/C7H12N2O4S/c1-14-4-6(11)9(2-5(8)10)3-7(12)13/h2-4H2,1H3,(H2,8,10)(H,12,13). The number of nitrogens with two attached hydrogens (primary N) is 1. The summed E-state index contributed by atoms with van der Waals surface area (Å²) in [6.45, 7) is -0.853. The van der Waals surface area contributed by atoms with E-state index in [1.807, 2.05) is 0 Å². The van der Waals surface area contributed by atoms with Gasteiger partial charge in [0.1, 0.15) is 6.54 Å². The zero-order valence-electron chi connectivity index (χ0n) is 7.73. The van der Waals surface area contributed by atoms with Crippen LogP contribution in [0.5, 0.6) is 0 Å². The molecule has 3 N–H and O–H groups in total. The van der Waals surface area contributed by atoms with Gasteiger partial charge in [0.05, 0.1) is 12.3 Å². The van der Waals surface area contributed by atoms with E-state index in [1.54, 1.807) is 6.26 Å². The van der Waals surface area contributed by atoms with Crippen LogP contribution in [0.15, 0.2) is 0 Å². The van der Waals surface area contributed by atoms with E-state index in [9.17, 15) is 14.4 Å². The molecule has 7 heteroatoms. The number of carboxylic acid groups (broad SMARTS) is 1. The highest BCUT2D eigenvalue weighted by Gasteiger charge is 2.17. The summed E-state index contributed by atoms with van der Waals surface area (Å²) in [6, 6.07) is 0. The Bertz CT molecular complexity index is 228. The molecular weight excluding hydrogens is 208 g/mol. The molecule has 0 aromatic heterocycles. The van der Waals surface area contributed by atoms with E-state index >= 15 is 0 Å². The van der Waals surface area contributed by atoms with Gasteiger partial charge in [-0.2, -0.15) is 11.8 Å². The van der Waals surface area contributed by atoms with Gasteiger partial charge in [-0.05, 0) is 6.26 Å². The number of primary amides is 1. The number of nitrogens with zero attached hydrogens (tertiary/aromatic N) is 1. The summed E-state index contributed by atoms with van der Waals surface area (Å²) >= 11 is 1.26. The van der Waals surface area contributed by atoms with Crippen molar-refractivity contribution in [2.24, 2.45) is 5.73 Å². The van der Waals surface area contributed by atoms with Gasteiger partial charge in [-0.1, -0.05) is 0 Å². The van der Waals surface area contributed by atoms with Crippen LogP contribution in [-0.4, -0.2) is 52.9 Å². The third-order valence-corrected chi connectivity index (χ3v) is 1.83. The highest BCUT2D eigenvalue weighted by atomic mass is 32.2. The van der Waals surface area contributed by atoms with Gasteiger partial charge in [0.25, 0.3) is 0 Å². The van der Waals surface area contributed by atoms with Crippen molar-refractivity contribution in [1.82, 2.24) is 4.90 Å². The van der Waals surface area contributed by atoms with Gasteiger partial charge in [0, 0.05) is 0 Å². The molecule has 0 aromatic carbocycles. The molecule has 0 unspecified atom stereocenters. The van der Waals surface area contributed by atoms with Crippen molar-refractivity contribution >= 4 is 29.5 Å². The normalized spacial score (nSPS) is 9.50. The van der Waals surface area contributed by atoms with Gasteiger partial charge in [-0.15, -0.1) is 0 Å². The van der Waals surface area contributed by atoms with Crippen molar-refractivity contribution in [1.29, 1.82) is 0 Å². The maximum absolute atomic E-state index is 11.2. The number of rotatable bonds is 6. The average molecular weight is 220 g/mol. The lowest BCUT2D eigenvalue weighted by Crippen LogP contribution is -2.42. The number of hydrogen-bond donors (Lipinski definition) is 2. The molecule has 0 heterocycles. The van der Waals surface area contributed by atoms with Gasteiger partial charge >= 0.3 is 5.97 Å². The van der Waals surface area contributed by atoms with Crippen LogP contribution in [0.2, 0.25) is 0 Å². The monoisotopic (exact) mass is 220 g/mol. The lowest BCUT2D eigenvalue weighted by Gasteiger charge is -2.17. The van der Waals surface area contributed by atoms with Crippen molar-refractivity contribution in [3.8, 4) is 0 Å². The first kappa shape index (κ1) is 12.8. The fourth-order valence-electron chi connectivity index (χ4n) is 0.798. The van der Waals surface area contributed by atoms with Crippen molar-refractivity contribution in [3.63, 3.8) is 0 Å². The van der Waals surface area contributed by atoms with Crippen molar-refractivity contribution < 1.29 is 19.5 Å². The Labute approximate surface area is 85.4 Å². The van der Waals surface area contributed by atoms with Crippen molar-refractivity contribution in [3.05, 3.63) is 0 Å². The molecule has 0 aliphatic rings. The van der Waals surface area contributed by atoms with Crippen LogP contribution in [0.25, 0.3) is 0 Å². The molecule has 0 rings (SSSR count). The number of carbonyl (C=O) groups excluding carboxylic acids is 2. The van der Waals surface area contributed by atoms with Gasteiger partial charge in [0.2, 0.25) is 11.8 Å². The zero-order valence-corrected chi connectivity index (χ0v) is 8.54. The second-order valence-electron chi connectivity index (χ2n) is 2.54. The maximum atomic E-state index is 11.2. The summed E-state index contributed by atoms with van der Waals surface area (Å²) in [7, 11) is 0. The van der Waals surface area contributed by atoms with Gasteiger partial charge in [-0.25, -0.2) is 0 Å². The third-order valence-electron chi connectivity index (χ3n) is 1.29. The van der Waals surface area contributed by atoms with Crippen molar-refractivity contribution in [2.45, 2.75) is 0 Å². The first-order valence-corrected chi connectivity index (χ1v) is 5.13. The number of hydrogen-bond acceptors (Lipinski definition) is 4. The molecule has 80 valence electrons. The number of amides is 2. The highest BCUT2D eigenvalue weighted by molar-refractivity contribution is 7.99. The summed E-state index contributed by atoms with van der Waals surface area (Å²) in [6.07, 6.45) is 1.71. The Morgan fingerprint density at radius 2 is 1.93 bits per heavy atom. The van der Waals surface area contributed by atoms with E-state index in [4.69, 9.17) is 10.8 Å². The lowest BCUT2D eigenvalue weighted by atomic mass is 10.4. The summed E-state index contributed by atoms with van der Waals surface area (Å²) < 4.78 is 0. The van der Waals surface area contributed by atoms with Gasteiger partial charge < -0.3 is 15.7 Å². The van der Waals surface area contributed by atoms with Crippen LogP contribution in [0.4, 0.5) is 0 Å². The van der Waals surface area contributed by atoms with Crippen LogP contribution in [-0.2, 0) is 14.4 Å². The lowest BCUT2D eigenvalue weighted by molar-refractivity contribution is -0.144. The molecule has 0 bridgehead atoms. The second kappa shape index (κ2) is 6.25. The molecular formula is C7H12N2O4S. The fraction of sp³-hybridized carbons (Fsp3) is 0.571. The molecule has 0 spiro atoms. The Kier molecular flexibility index (Phi) is 5.70.